The van der Waals surface area contributed by atoms with Gasteiger partial charge in [-0.1, -0.05) is 6.42 Å². The van der Waals surface area contributed by atoms with Crippen LogP contribution in [0.3, 0.4) is 0 Å². The molecule has 0 amide bonds. The highest BCUT2D eigenvalue weighted by atomic mass is 16.5. The summed E-state index contributed by atoms with van der Waals surface area (Å²) in [6, 6.07) is 1.89. The van der Waals surface area contributed by atoms with Crippen molar-refractivity contribution in [3.05, 3.63) is 11.8 Å². The maximum Gasteiger partial charge on any atom is 0.226 e. The van der Waals surface area contributed by atoms with Crippen LogP contribution in [0, 0.1) is 6.92 Å². The minimum atomic E-state index is 0.649. The van der Waals surface area contributed by atoms with Crippen molar-refractivity contribution in [3.8, 4) is 5.88 Å². The first-order valence-corrected chi connectivity index (χ1v) is 7.22. The minimum Gasteiger partial charge on any atom is -0.476 e. The third-order valence-electron chi connectivity index (χ3n) is 3.27. The molecule has 0 aliphatic carbocycles. The molecule has 1 aromatic rings. The lowest BCUT2D eigenvalue weighted by atomic mass is 10.1. The molecule has 19 heavy (non-hydrogen) atoms. The van der Waals surface area contributed by atoms with E-state index >= 15 is 0 Å². The van der Waals surface area contributed by atoms with Gasteiger partial charge in [0.15, 0.2) is 0 Å². The smallest absolute Gasteiger partial charge is 0.226 e. The first-order chi connectivity index (χ1) is 9.28. The minimum absolute atomic E-state index is 0.649. The van der Waals surface area contributed by atoms with Crippen LogP contribution >= 0.6 is 0 Å². The van der Waals surface area contributed by atoms with E-state index in [1.165, 1.54) is 32.4 Å². The average molecular weight is 264 g/mol. The van der Waals surface area contributed by atoms with Crippen LogP contribution in [0.15, 0.2) is 6.07 Å². The molecular formula is C14H24N4O. The predicted molar refractivity (Wildman–Crippen MR) is 76.7 cm³/mol. The van der Waals surface area contributed by atoms with Crippen LogP contribution in [0.4, 0.5) is 5.95 Å². The fourth-order valence-electron chi connectivity index (χ4n) is 2.31. The van der Waals surface area contributed by atoms with Gasteiger partial charge in [-0.05, 0) is 39.8 Å². The number of aromatic nitrogens is 2. The number of rotatable bonds is 6. The van der Waals surface area contributed by atoms with Crippen molar-refractivity contribution in [3.63, 3.8) is 0 Å². The lowest BCUT2D eigenvalue weighted by molar-refractivity contribution is 0.180. The van der Waals surface area contributed by atoms with Gasteiger partial charge in [-0.3, -0.25) is 4.90 Å². The Labute approximate surface area is 115 Å². The Bertz CT molecular complexity index is 391. The zero-order valence-corrected chi connectivity index (χ0v) is 12.0. The molecule has 0 radical (unpaired) electrons. The molecule has 1 aromatic heterocycles. The van der Waals surface area contributed by atoms with E-state index in [2.05, 4.69) is 20.2 Å². The molecule has 1 N–H and O–H groups in total. The molecule has 2 heterocycles. The van der Waals surface area contributed by atoms with E-state index in [4.69, 9.17) is 4.74 Å². The summed E-state index contributed by atoms with van der Waals surface area (Å²) in [4.78, 5) is 11.1. The van der Waals surface area contributed by atoms with E-state index in [1.807, 2.05) is 19.9 Å². The van der Waals surface area contributed by atoms with Gasteiger partial charge < -0.3 is 10.1 Å². The summed E-state index contributed by atoms with van der Waals surface area (Å²) in [5.74, 6) is 1.32. The number of piperidine rings is 1. The summed E-state index contributed by atoms with van der Waals surface area (Å²) in [6.07, 6.45) is 4.00. The summed E-state index contributed by atoms with van der Waals surface area (Å²) in [5, 5.41) is 3.12. The molecular weight excluding hydrogens is 240 g/mol. The summed E-state index contributed by atoms with van der Waals surface area (Å²) in [6.45, 7) is 8.89. The van der Waals surface area contributed by atoms with Crippen LogP contribution in [-0.4, -0.2) is 47.7 Å². The van der Waals surface area contributed by atoms with E-state index < -0.39 is 0 Å². The van der Waals surface area contributed by atoms with Crippen LogP contribution < -0.4 is 10.1 Å². The summed E-state index contributed by atoms with van der Waals surface area (Å²) < 4.78 is 5.74. The van der Waals surface area contributed by atoms with Crippen molar-refractivity contribution >= 4 is 5.95 Å². The van der Waals surface area contributed by atoms with Gasteiger partial charge in [-0.15, -0.1) is 0 Å². The van der Waals surface area contributed by atoms with E-state index in [9.17, 15) is 0 Å². The number of anilines is 1. The van der Waals surface area contributed by atoms with Crippen molar-refractivity contribution in [1.29, 1.82) is 0 Å². The number of nitrogens with zero attached hydrogens (tertiary/aromatic N) is 3. The molecule has 5 heteroatoms. The van der Waals surface area contributed by atoms with Gasteiger partial charge in [0.25, 0.3) is 0 Å². The zero-order chi connectivity index (χ0) is 13.5. The van der Waals surface area contributed by atoms with Gasteiger partial charge in [0.1, 0.15) is 6.61 Å². The van der Waals surface area contributed by atoms with Crippen LogP contribution in [-0.2, 0) is 0 Å². The quantitative estimate of drug-likeness (QED) is 0.852. The molecule has 0 unspecified atom stereocenters. The standard InChI is InChI=1S/C14H24N4O/c1-3-15-14-16-12(2)11-13(17-14)19-10-9-18-7-5-4-6-8-18/h11H,3-10H2,1-2H3,(H,15,16,17). The molecule has 106 valence electrons. The molecule has 0 bridgehead atoms. The van der Waals surface area contributed by atoms with Crippen molar-refractivity contribution in [2.45, 2.75) is 33.1 Å². The van der Waals surface area contributed by atoms with Gasteiger partial charge in [0.05, 0.1) is 0 Å². The Morgan fingerprint density at radius 3 is 2.79 bits per heavy atom. The maximum atomic E-state index is 5.74. The second-order valence-corrected chi connectivity index (χ2v) is 4.95. The largest absolute Gasteiger partial charge is 0.476 e. The summed E-state index contributed by atoms with van der Waals surface area (Å²) in [7, 11) is 0. The fourth-order valence-corrected chi connectivity index (χ4v) is 2.31. The summed E-state index contributed by atoms with van der Waals surface area (Å²) in [5.41, 5.74) is 0.930. The highest BCUT2D eigenvalue weighted by Crippen LogP contribution is 2.12. The van der Waals surface area contributed by atoms with Gasteiger partial charge >= 0.3 is 0 Å². The zero-order valence-electron chi connectivity index (χ0n) is 12.0. The van der Waals surface area contributed by atoms with E-state index in [1.54, 1.807) is 0 Å². The molecule has 1 aliphatic heterocycles. The van der Waals surface area contributed by atoms with Gasteiger partial charge in [0, 0.05) is 24.8 Å². The fraction of sp³-hybridized carbons (Fsp3) is 0.714. The highest BCUT2D eigenvalue weighted by molar-refractivity contribution is 5.30. The average Bonchev–Trinajstić information content (AvgIpc) is 2.40. The number of aryl methyl sites for hydroxylation is 1. The third kappa shape index (κ3) is 4.67. The molecule has 0 atom stereocenters. The van der Waals surface area contributed by atoms with Crippen LogP contribution in [0.25, 0.3) is 0 Å². The number of ether oxygens (including phenoxy) is 1. The predicted octanol–water partition coefficient (Wildman–Crippen LogP) is 2.08. The topological polar surface area (TPSA) is 50.3 Å². The molecule has 1 fully saturated rings. The Morgan fingerprint density at radius 1 is 1.26 bits per heavy atom. The van der Waals surface area contributed by atoms with E-state index in [0.29, 0.717) is 18.4 Å². The lowest BCUT2D eigenvalue weighted by Crippen LogP contribution is -2.33. The Hall–Kier alpha value is -1.36. The number of likely N-dealkylation sites (tertiary alicyclic amines) is 1. The summed E-state index contributed by atoms with van der Waals surface area (Å²) >= 11 is 0. The van der Waals surface area contributed by atoms with Crippen molar-refractivity contribution in [1.82, 2.24) is 14.9 Å². The normalized spacial score (nSPS) is 16.3. The molecule has 1 aliphatic rings. The SMILES string of the molecule is CCNc1nc(C)cc(OCCN2CCCCC2)n1. The highest BCUT2D eigenvalue weighted by Gasteiger charge is 2.10. The van der Waals surface area contributed by atoms with Crippen molar-refractivity contribution in [2.75, 3.05) is 38.1 Å². The van der Waals surface area contributed by atoms with Crippen molar-refractivity contribution in [2.24, 2.45) is 0 Å². The van der Waals surface area contributed by atoms with Crippen LogP contribution in [0.5, 0.6) is 5.88 Å². The molecule has 5 nitrogen and oxygen atoms in total. The van der Waals surface area contributed by atoms with Crippen LogP contribution in [0.1, 0.15) is 31.9 Å². The second kappa shape index (κ2) is 7.28. The van der Waals surface area contributed by atoms with Crippen molar-refractivity contribution < 1.29 is 4.74 Å². The maximum absolute atomic E-state index is 5.74. The molecule has 0 spiro atoms. The van der Waals surface area contributed by atoms with E-state index in [0.717, 1.165) is 18.8 Å². The Kier molecular flexibility index (Phi) is 5.39. The molecule has 2 rings (SSSR count). The Morgan fingerprint density at radius 2 is 2.05 bits per heavy atom. The molecule has 1 saturated heterocycles. The Balaban J connectivity index is 1.81. The first-order valence-electron chi connectivity index (χ1n) is 7.22. The molecule has 0 aromatic carbocycles. The first kappa shape index (κ1) is 14.1. The van der Waals surface area contributed by atoms with E-state index in [-0.39, 0.29) is 0 Å². The van der Waals surface area contributed by atoms with Gasteiger partial charge in [0.2, 0.25) is 11.8 Å². The monoisotopic (exact) mass is 264 g/mol. The third-order valence-corrected chi connectivity index (χ3v) is 3.27. The second-order valence-electron chi connectivity index (χ2n) is 4.95. The van der Waals surface area contributed by atoms with Crippen LogP contribution in [0.2, 0.25) is 0 Å². The lowest BCUT2D eigenvalue weighted by Gasteiger charge is -2.26. The van der Waals surface area contributed by atoms with Gasteiger partial charge in [-0.25, -0.2) is 4.98 Å². The van der Waals surface area contributed by atoms with Gasteiger partial charge in [-0.2, -0.15) is 4.98 Å². The number of nitrogens with one attached hydrogen (secondary N) is 1. The number of hydrogen-bond acceptors (Lipinski definition) is 5. The number of hydrogen-bond donors (Lipinski definition) is 1. The molecule has 0 saturated carbocycles.